The van der Waals surface area contributed by atoms with E-state index in [9.17, 15) is 4.79 Å². The molecule has 27 heavy (non-hydrogen) atoms. The number of nitrogens with zero attached hydrogens (tertiary/aromatic N) is 3. The molecule has 0 bridgehead atoms. The van der Waals surface area contributed by atoms with Crippen LogP contribution in [0.1, 0.15) is 33.6 Å². The van der Waals surface area contributed by atoms with Crippen molar-refractivity contribution in [2.75, 3.05) is 19.7 Å². The predicted octanol–water partition coefficient (Wildman–Crippen LogP) is 4.17. The van der Waals surface area contributed by atoms with E-state index in [4.69, 9.17) is 9.47 Å². The lowest BCUT2D eigenvalue weighted by molar-refractivity contribution is 0.0139. The fourth-order valence-electron chi connectivity index (χ4n) is 3.08. The van der Waals surface area contributed by atoms with Gasteiger partial charge in [-0.05, 0) is 51.8 Å². The summed E-state index contributed by atoms with van der Waals surface area (Å²) in [5.74, 6) is 1.76. The zero-order valence-corrected chi connectivity index (χ0v) is 16.2. The van der Waals surface area contributed by atoms with Crippen LogP contribution in [-0.2, 0) is 4.74 Å². The van der Waals surface area contributed by atoms with Gasteiger partial charge in [0, 0.05) is 37.0 Å². The third-order valence-corrected chi connectivity index (χ3v) is 4.31. The van der Waals surface area contributed by atoms with E-state index >= 15 is 0 Å². The number of ether oxygens (including phenoxy) is 2. The fourth-order valence-corrected chi connectivity index (χ4v) is 3.08. The van der Waals surface area contributed by atoms with Gasteiger partial charge >= 0.3 is 6.09 Å². The first-order chi connectivity index (χ1) is 12.9. The summed E-state index contributed by atoms with van der Waals surface area (Å²) in [6.07, 6.45) is 5.22. The van der Waals surface area contributed by atoms with Crippen LogP contribution in [0.3, 0.4) is 0 Å². The van der Waals surface area contributed by atoms with Crippen molar-refractivity contribution in [3.8, 4) is 17.1 Å². The quantitative estimate of drug-likeness (QED) is 0.809. The second-order valence-electron chi connectivity index (χ2n) is 7.85. The minimum Gasteiger partial charge on any atom is -0.493 e. The van der Waals surface area contributed by atoms with Crippen molar-refractivity contribution in [3.05, 3.63) is 42.7 Å². The molecule has 2 aromatic rings. The molecule has 2 heterocycles. The second-order valence-corrected chi connectivity index (χ2v) is 7.85. The van der Waals surface area contributed by atoms with Gasteiger partial charge in [0.1, 0.15) is 11.4 Å². The number of likely N-dealkylation sites (tertiary alicyclic amines) is 1. The van der Waals surface area contributed by atoms with E-state index in [1.807, 2.05) is 45.0 Å². The SMILES string of the molecule is CC(C)(C)OC(=O)N1CCCC(COc2cccc(-c3ncccn3)c2)C1. The van der Waals surface area contributed by atoms with Gasteiger partial charge in [-0.25, -0.2) is 14.8 Å². The fraction of sp³-hybridized carbons (Fsp3) is 0.476. The summed E-state index contributed by atoms with van der Waals surface area (Å²) < 4.78 is 11.5. The van der Waals surface area contributed by atoms with E-state index < -0.39 is 5.60 Å². The molecule has 1 aliphatic heterocycles. The maximum atomic E-state index is 12.3. The van der Waals surface area contributed by atoms with E-state index in [2.05, 4.69) is 9.97 Å². The Hall–Kier alpha value is -2.63. The smallest absolute Gasteiger partial charge is 0.410 e. The summed E-state index contributed by atoms with van der Waals surface area (Å²) in [6, 6.07) is 9.58. The third kappa shape index (κ3) is 5.67. The van der Waals surface area contributed by atoms with Crippen LogP contribution in [0.4, 0.5) is 4.79 Å². The lowest BCUT2D eigenvalue weighted by Gasteiger charge is -2.34. The van der Waals surface area contributed by atoms with Gasteiger partial charge in [0.05, 0.1) is 6.61 Å². The highest BCUT2D eigenvalue weighted by atomic mass is 16.6. The molecule has 1 aromatic carbocycles. The van der Waals surface area contributed by atoms with Crippen LogP contribution in [-0.4, -0.2) is 46.3 Å². The minimum absolute atomic E-state index is 0.240. The second kappa shape index (κ2) is 8.37. The summed E-state index contributed by atoms with van der Waals surface area (Å²) in [7, 11) is 0. The van der Waals surface area contributed by atoms with Crippen LogP contribution < -0.4 is 4.74 Å². The molecule has 1 fully saturated rings. The molecule has 6 heteroatoms. The maximum Gasteiger partial charge on any atom is 0.410 e. The highest BCUT2D eigenvalue weighted by molar-refractivity contribution is 5.68. The molecule has 1 unspecified atom stereocenters. The molecule has 0 saturated carbocycles. The van der Waals surface area contributed by atoms with Crippen LogP contribution in [0.5, 0.6) is 5.75 Å². The zero-order chi connectivity index (χ0) is 19.3. The molecule has 0 spiro atoms. The van der Waals surface area contributed by atoms with E-state index in [0.29, 0.717) is 24.9 Å². The number of rotatable bonds is 4. The van der Waals surface area contributed by atoms with Crippen molar-refractivity contribution < 1.29 is 14.3 Å². The number of hydrogen-bond donors (Lipinski definition) is 0. The van der Waals surface area contributed by atoms with Gasteiger partial charge in [-0.3, -0.25) is 0 Å². The largest absolute Gasteiger partial charge is 0.493 e. The van der Waals surface area contributed by atoms with Crippen molar-refractivity contribution in [2.45, 2.75) is 39.2 Å². The summed E-state index contributed by atoms with van der Waals surface area (Å²) in [6.45, 7) is 7.64. The molecule has 1 amide bonds. The van der Waals surface area contributed by atoms with Crippen molar-refractivity contribution in [2.24, 2.45) is 5.92 Å². The zero-order valence-electron chi connectivity index (χ0n) is 16.2. The van der Waals surface area contributed by atoms with Crippen molar-refractivity contribution >= 4 is 6.09 Å². The third-order valence-electron chi connectivity index (χ3n) is 4.31. The molecule has 3 rings (SSSR count). The molecule has 0 N–H and O–H groups in total. The lowest BCUT2D eigenvalue weighted by Crippen LogP contribution is -2.44. The molecule has 1 saturated heterocycles. The predicted molar refractivity (Wildman–Crippen MR) is 103 cm³/mol. The number of amides is 1. The topological polar surface area (TPSA) is 64.5 Å². The maximum absolute atomic E-state index is 12.3. The van der Waals surface area contributed by atoms with Crippen molar-refractivity contribution in [3.63, 3.8) is 0 Å². The van der Waals surface area contributed by atoms with E-state index in [1.165, 1.54) is 0 Å². The number of carbonyl (C=O) groups is 1. The first kappa shape index (κ1) is 19.1. The first-order valence-corrected chi connectivity index (χ1v) is 9.39. The average Bonchev–Trinajstić information content (AvgIpc) is 2.66. The van der Waals surface area contributed by atoms with Crippen molar-refractivity contribution in [1.29, 1.82) is 0 Å². The summed E-state index contributed by atoms with van der Waals surface area (Å²) >= 11 is 0. The Labute approximate surface area is 160 Å². The monoisotopic (exact) mass is 369 g/mol. The summed E-state index contributed by atoms with van der Waals surface area (Å²) in [4.78, 5) is 22.6. The Morgan fingerprint density at radius 2 is 2.00 bits per heavy atom. The van der Waals surface area contributed by atoms with Crippen molar-refractivity contribution in [1.82, 2.24) is 14.9 Å². The average molecular weight is 369 g/mol. The Bertz CT molecular complexity index is 759. The van der Waals surface area contributed by atoms with Crippen LogP contribution >= 0.6 is 0 Å². The van der Waals surface area contributed by atoms with Crippen LogP contribution in [0, 0.1) is 5.92 Å². The molecule has 1 aliphatic rings. The molecule has 144 valence electrons. The summed E-state index contributed by atoms with van der Waals surface area (Å²) in [5, 5.41) is 0. The van der Waals surface area contributed by atoms with Gasteiger partial charge in [-0.15, -0.1) is 0 Å². The Morgan fingerprint density at radius 1 is 1.22 bits per heavy atom. The van der Waals surface area contributed by atoms with Crippen LogP contribution in [0.25, 0.3) is 11.4 Å². The molecule has 6 nitrogen and oxygen atoms in total. The van der Waals surface area contributed by atoms with E-state index in [0.717, 1.165) is 30.7 Å². The van der Waals surface area contributed by atoms with Crippen LogP contribution in [0.2, 0.25) is 0 Å². The Balaban J connectivity index is 1.56. The Kier molecular flexibility index (Phi) is 5.94. The highest BCUT2D eigenvalue weighted by Crippen LogP contribution is 2.23. The lowest BCUT2D eigenvalue weighted by atomic mass is 9.99. The van der Waals surface area contributed by atoms with E-state index in [1.54, 1.807) is 23.4 Å². The molecule has 0 radical (unpaired) electrons. The van der Waals surface area contributed by atoms with E-state index in [-0.39, 0.29) is 6.09 Å². The molecule has 1 atom stereocenters. The molecular weight excluding hydrogens is 342 g/mol. The normalized spacial score (nSPS) is 17.4. The van der Waals surface area contributed by atoms with Gasteiger partial charge in [-0.2, -0.15) is 0 Å². The van der Waals surface area contributed by atoms with Gasteiger partial charge in [-0.1, -0.05) is 12.1 Å². The molecule has 1 aromatic heterocycles. The van der Waals surface area contributed by atoms with Gasteiger partial charge in [0.2, 0.25) is 0 Å². The minimum atomic E-state index is -0.472. The Morgan fingerprint density at radius 3 is 2.74 bits per heavy atom. The number of piperidine rings is 1. The number of aromatic nitrogens is 2. The van der Waals surface area contributed by atoms with Crippen LogP contribution in [0.15, 0.2) is 42.7 Å². The number of hydrogen-bond acceptors (Lipinski definition) is 5. The first-order valence-electron chi connectivity index (χ1n) is 9.39. The van der Waals surface area contributed by atoms with Gasteiger partial charge < -0.3 is 14.4 Å². The molecular formula is C21H27N3O3. The number of carbonyl (C=O) groups excluding carboxylic acids is 1. The van der Waals surface area contributed by atoms with Gasteiger partial charge in [0.25, 0.3) is 0 Å². The highest BCUT2D eigenvalue weighted by Gasteiger charge is 2.27. The summed E-state index contributed by atoms with van der Waals surface area (Å²) in [5.41, 5.74) is 0.452. The number of benzene rings is 1. The standard InChI is InChI=1S/C21H27N3O3/c1-21(2,3)27-20(25)24-12-5-7-16(14-24)15-26-18-9-4-8-17(13-18)19-22-10-6-11-23-19/h4,6,8-11,13,16H,5,7,12,14-15H2,1-3H3. The molecule has 0 aliphatic carbocycles. The van der Waals surface area contributed by atoms with Gasteiger partial charge in [0.15, 0.2) is 5.82 Å².